The molecule has 1 aromatic heterocycles. The fraction of sp³-hybridized carbons (Fsp3) is 0.571. The van der Waals surface area contributed by atoms with Gasteiger partial charge in [0.2, 0.25) is 0 Å². The molecule has 5 nitrogen and oxygen atoms in total. The molecule has 1 aromatic rings. The molecule has 19 heavy (non-hydrogen) atoms. The molecule has 0 bridgehead atoms. The Bertz CT molecular complexity index is 491. The predicted octanol–water partition coefficient (Wildman–Crippen LogP) is 2.06. The molecule has 0 spiro atoms. The number of hydrogen-bond donors (Lipinski definition) is 1. The third-order valence-corrected chi connectivity index (χ3v) is 3.32. The van der Waals surface area contributed by atoms with E-state index in [1.165, 1.54) is 0 Å². The average molecular weight is 265 g/mol. The molecule has 0 radical (unpaired) electrons. The standard InChI is InChI=1S/C14H23N3O2/c1-7-17(8-9(2)3)13(14(18)19)12-10(4)15-16(6)11(12)5/h13H,2,7-8H2,1,3-6H3,(H,18,19). The van der Waals surface area contributed by atoms with Gasteiger partial charge in [-0.1, -0.05) is 19.1 Å². The number of aliphatic carboxylic acids is 1. The van der Waals surface area contributed by atoms with E-state index in [1.807, 2.05) is 39.6 Å². The fourth-order valence-corrected chi connectivity index (χ4v) is 2.38. The van der Waals surface area contributed by atoms with Crippen molar-refractivity contribution in [3.8, 4) is 0 Å². The molecule has 0 fully saturated rings. The van der Waals surface area contributed by atoms with Crippen LogP contribution >= 0.6 is 0 Å². The zero-order valence-corrected chi connectivity index (χ0v) is 12.4. The van der Waals surface area contributed by atoms with Crippen molar-refractivity contribution < 1.29 is 9.90 Å². The van der Waals surface area contributed by atoms with Gasteiger partial charge in [-0.15, -0.1) is 0 Å². The van der Waals surface area contributed by atoms with Gasteiger partial charge in [-0.2, -0.15) is 5.10 Å². The lowest BCUT2D eigenvalue weighted by molar-refractivity contribution is -0.143. The summed E-state index contributed by atoms with van der Waals surface area (Å²) in [7, 11) is 1.83. The van der Waals surface area contributed by atoms with Crippen LogP contribution in [0.15, 0.2) is 12.2 Å². The molecule has 1 rings (SSSR count). The normalized spacial score (nSPS) is 12.7. The van der Waals surface area contributed by atoms with E-state index in [9.17, 15) is 9.90 Å². The topological polar surface area (TPSA) is 58.4 Å². The second kappa shape index (κ2) is 6.02. The molecule has 1 unspecified atom stereocenters. The Hall–Kier alpha value is -1.62. The summed E-state index contributed by atoms with van der Waals surface area (Å²) in [6, 6.07) is -0.671. The van der Waals surface area contributed by atoms with E-state index in [0.717, 1.165) is 22.5 Å². The summed E-state index contributed by atoms with van der Waals surface area (Å²) in [5.74, 6) is -0.845. The molecular formula is C14H23N3O2. The maximum absolute atomic E-state index is 11.7. The van der Waals surface area contributed by atoms with Crippen LogP contribution in [0.25, 0.3) is 0 Å². The van der Waals surface area contributed by atoms with Crippen LogP contribution in [-0.4, -0.2) is 38.8 Å². The highest BCUT2D eigenvalue weighted by Crippen LogP contribution is 2.27. The number of aromatic nitrogens is 2. The fourth-order valence-electron chi connectivity index (χ4n) is 2.38. The summed E-state index contributed by atoms with van der Waals surface area (Å²) >= 11 is 0. The monoisotopic (exact) mass is 265 g/mol. The van der Waals surface area contributed by atoms with Crippen LogP contribution in [0, 0.1) is 13.8 Å². The van der Waals surface area contributed by atoms with Gasteiger partial charge < -0.3 is 5.11 Å². The molecule has 0 aliphatic heterocycles. The van der Waals surface area contributed by atoms with E-state index < -0.39 is 12.0 Å². The summed E-state index contributed by atoms with van der Waals surface area (Å²) in [6.45, 7) is 12.7. The van der Waals surface area contributed by atoms with Gasteiger partial charge in [0, 0.05) is 24.8 Å². The first-order valence-corrected chi connectivity index (χ1v) is 6.40. The van der Waals surface area contributed by atoms with Crippen LogP contribution in [0.1, 0.15) is 36.8 Å². The van der Waals surface area contributed by atoms with Gasteiger partial charge >= 0.3 is 5.97 Å². The summed E-state index contributed by atoms with van der Waals surface area (Å²) in [5.41, 5.74) is 3.41. The highest BCUT2D eigenvalue weighted by atomic mass is 16.4. The van der Waals surface area contributed by atoms with Crippen LogP contribution in [0.2, 0.25) is 0 Å². The first-order chi connectivity index (χ1) is 8.79. The Labute approximate surface area is 114 Å². The number of aryl methyl sites for hydroxylation is 2. The lowest BCUT2D eigenvalue weighted by Gasteiger charge is -2.28. The van der Waals surface area contributed by atoms with Crippen molar-refractivity contribution in [3.05, 3.63) is 29.1 Å². The number of nitrogens with zero attached hydrogens (tertiary/aromatic N) is 3. The van der Waals surface area contributed by atoms with Gasteiger partial charge in [-0.25, -0.2) is 0 Å². The predicted molar refractivity (Wildman–Crippen MR) is 75.1 cm³/mol. The highest BCUT2D eigenvalue weighted by Gasteiger charge is 2.31. The SMILES string of the molecule is C=C(C)CN(CC)C(C(=O)O)c1c(C)nn(C)c1C. The van der Waals surface area contributed by atoms with Crippen LogP contribution in [0.5, 0.6) is 0 Å². The van der Waals surface area contributed by atoms with Gasteiger partial charge in [0.1, 0.15) is 6.04 Å². The minimum absolute atomic E-state index is 0.571. The van der Waals surface area contributed by atoms with Crippen LogP contribution in [0.3, 0.4) is 0 Å². The van der Waals surface area contributed by atoms with E-state index >= 15 is 0 Å². The molecule has 1 heterocycles. The van der Waals surface area contributed by atoms with Crippen molar-refractivity contribution in [2.45, 2.75) is 33.7 Å². The molecule has 5 heteroatoms. The largest absolute Gasteiger partial charge is 0.480 e. The molecule has 106 valence electrons. The second-order valence-electron chi connectivity index (χ2n) is 4.97. The smallest absolute Gasteiger partial charge is 0.325 e. The quantitative estimate of drug-likeness (QED) is 0.800. The zero-order valence-electron chi connectivity index (χ0n) is 12.4. The maximum atomic E-state index is 11.7. The molecule has 0 aliphatic carbocycles. The molecule has 1 atom stereocenters. The average Bonchev–Trinajstić information content (AvgIpc) is 2.53. The third kappa shape index (κ3) is 3.23. The number of carboxylic acids is 1. The van der Waals surface area contributed by atoms with Crippen molar-refractivity contribution >= 4 is 5.97 Å². The van der Waals surface area contributed by atoms with E-state index in [2.05, 4.69) is 11.7 Å². The van der Waals surface area contributed by atoms with Crippen molar-refractivity contribution in [1.82, 2.24) is 14.7 Å². The summed E-state index contributed by atoms with van der Waals surface area (Å²) in [5, 5.41) is 13.9. The molecule has 0 aliphatic rings. The minimum Gasteiger partial charge on any atom is -0.480 e. The molecule has 0 amide bonds. The van der Waals surface area contributed by atoms with E-state index in [1.54, 1.807) is 4.68 Å². The number of carboxylic acid groups (broad SMARTS) is 1. The Morgan fingerprint density at radius 1 is 1.53 bits per heavy atom. The van der Waals surface area contributed by atoms with Crippen molar-refractivity contribution in [2.75, 3.05) is 13.1 Å². The van der Waals surface area contributed by atoms with Gasteiger partial charge in [0.15, 0.2) is 0 Å². The van der Waals surface area contributed by atoms with Gasteiger partial charge in [0.05, 0.1) is 5.69 Å². The van der Waals surface area contributed by atoms with Crippen LogP contribution in [-0.2, 0) is 11.8 Å². The molecule has 0 saturated carbocycles. The minimum atomic E-state index is -0.845. The van der Waals surface area contributed by atoms with Crippen molar-refractivity contribution in [2.24, 2.45) is 7.05 Å². The summed E-state index contributed by atoms with van der Waals surface area (Å²) < 4.78 is 1.73. The number of rotatable bonds is 6. The molecular weight excluding hydrogens is 242 g/mol. The first kappa shape index (κ1) is 15.4. The Kier molecular flexibility index (Phi) is 4.89. The molecule has 1 N–H and O–H groups in total. The molecule has 0 saturated heterocycles. The first-order valence-electron chi connectivity index (χ1n) is 6.40. The zero-order chi connectivity index (χ0) is 14.7. The van der Waals surface area contributed by atoms with Gasteiger partial charge in [-0.05, 0) is 27.3 Å². The maximum Gasteiger partial charge on any atom is 0.325 e. The van der Waals surface area contributed by atoms with Crippen LogP contribution in [0.4, 0.5) is 0 Å². The number of likely N-dealkylation sites (N-methyl/N-ethyl adjacent to an activating group) is 1. The second-order valence-corrected chi connectivity index (χ2v) is 4.97. The number of hydrogen-bond acceptors (Lipinski definition) is 3. The highest BCUT2D eigenvalue weighted by molar-refractivity contribution is 5.76. The van der Waals surface area contributed by atoms with Crippen molar-refractivity contribution in [3.63, 3.8) is 0 Å². The van der Waals surface area contributed by atoms with Crippen molar-refractivity contribution in [1.29, 1.82) is 0 Å². The van der Waals surface area contributed by atoms with E-state index in [0.29, 0.717) is 13.1 Å². The molecule has 0 aromatic carbocycles. The Morgan fingerprint density at radius 3 is 2.42 bits per heavy atom. The Balaban J connectivity index is 3.26. The summed E-state index contributed by atoms with van der Waals surface area (Å²) in [6.07, 6.45) is 0. The Morgan fingerprint density at radius 2 is 2.11 bits per heavy atom. The van der Waals surface area contributed by atoms with Gasteiger partial charge in [-0.3, -0.25) is 14.4 Å². The van der Waals surface area contributed by atoms with E-state index in [4.69, 9.17) is 0 Å². The lowest BCUT2D eigenvalue weighted by Crippen LogP contribution is -2.35. The van der Waals surface area contributed by atoms with Crippen LogP contribution < -0.4 is 0 Å². The van der Waals surface area contributed by atoms with E-state index in [-0.39, 0.29) is 0 Å². The lowest BCUT2D eigenvalue weighted by atomic mass is 10.0. The number of carbonyl (C=O) groups is 1. The third-order valence-electron chi connectivity index (χ3n) is 3.32. The van der Waals surface area contributed by atoms with Gasteiger partial charge in [0.25, 0.3) is 0 Å². The summed E-state index contributed by atoms with van der Waals surface area (Å²) in [4.78, 5) is 13.6.